The van der Waals surface area contributed by atoms with E-state index in [2.05, 4.69) is 25.4 Å². The Labute approximate surface area is 209 Å². The van der Waals surface area contributed by atoms with E-state index in [1.54, 1.807) is 42.5 Å². The van der Waals surface area contributed by atoms with Crippen LogP contribution < -0.4 is 21.5 Å². The lowest BCUT2D eigenvalue weighted by molar-refractivity contribution is -0.0234. The number of halogens is 2. The van der Waals surface area contributed by atoms with E-state index in [1.807, 2.05) is 6.07 Å². The number of hydrogen-bond donors (Lipinski definition) is 5. The molecule has 0 saturated heterocycles. The highest BCUT2D eigenvalue weighted by molar-refractivity contribution is 6.09. The number of ether oxygens (including phenoxy) is 1. The van der Waals surface area contributed by atoms with Gasteiger partial charge < -0.3 is 25.8 Å². The van der Waals surface area contributed by atoms with Crippen molar-refractivity contribution in [2.45, 2.75) is 25.7 Å². The molecule has 0 aliphatic carbocycles. The zero-order valence-corrected chi connectivity index (χ0v) is 19.7. The summed E-state index contributed by atoms with van der Waals surface area (Å²) < 4.78 is 34.5. The van der Waals surface area contributed by atoms with Crippen molar-refractivity contribution in [2.24, 2.45) is 15.8 Å². The van der Waals surface area contributed by atoms with Gasteiger partial charge in [-0.2, -0.15) is 9.50 Å². The highest BCUT2D eigenvalue weighted by Crippen LogP contribution is 2.37. The molecular formula is C26H23F2N7O2. The average Bonchev–Trinajstić information content (AvgIpc) is 3.37. The van der Waals surface area contributed by atoms with Gasteiger partial charge in [-0.05, 0) is 60.3 Å². The summed E-state index contributed by atoms with van der Waals surface area (Å²) in [5.41, 5.74) is 16.9. The van der Waals surface area contributed by atoms with E-state index in [-0.39, 0.29) is 30.0 Å². The number of rotatable bonds is 7. The largest absolute Gasteiger partial charge is 0.458 e. The Hall–Kier alpha value is -4.80. The van der Waals surface area contributed by atoms with Crippen LogP contribution in [0.3, 0.4) is 0 Å². The monoisotopic (exact) mass is 503 g/mol. The third kappa shape index (κ3) is 4.96. The van der Waals surface area contributed by atoms with E-state index < -0.39 is 11.7 Å². The Balaban J connectivity index is 1.47. The summed E-state index contributed by atoms with van der Waals surface area (Å²) in [6, 6.07) is 13.3. The first-order valence-corrected chi connectivity index (χ1v) is 11.4. The maximum atomic E-state index is 15.0. The van der Waals surface area contributed by atoms with Gasteiger partial charge in [-0.25, -0.2) is 14.7 Å². The molecule has 0 spiro atoms. The van der Waals surface area contributed by atoms with Crippen molar-refractivity contribution in [1.29, 1.82) is 5.53 Å². The predicted octanol–water partition coefficient (Wildman–Crippen LogP) is 5.48. The van der Waals surface area contributed by atoms with E-state index in [0.29, 0.717) is 33.7 Å². The third-order valence-electron chi connectivity index (χ3n) is 5.91. The average molecular weight is 504 g/mol. The van der Waals surface area contributed by atoms with Gasteiger partial charge in [0.25, 0.3) is 0 Å². The number of H-pyrrole nitrogens is 2. The smallest absolute Gasteiger partial charge is 0.323 e. The van der Waals surface area contributed by atoms with Crippen LogP contribution in [0.15, 0.2) is 75.7 Å². The second-order valence-corrected chi connectivity index (χ2v) is 8.81. The maximum Gasteiger partial charge on any atom is 0.323 e. The van der Waals surface area contributed by atoms with Crippen LogP contribution >= 0.6 is 0 Å². The molecule has 1 aromatic heterocycles. The molecule has 0 bridgehead atoms. The molecule has 9 nitrogen and oxygen atoms in total. The number of nitrogens with zero attached hydrogens (tertiary/aromatic N) is 2. The van der Waals surface area contributed by atoms with Crippen LogP contribution in [0.5, 0.6) is 5.75 Å². The Morgan fingerprint density at radius 1 is 1.22 bits per heavy atom. The van der Waals surface area contributed by atoms with Gasteiger partial charge >= 0.3 is 5.69 Å². The fourth-order valence-corrected chi connectivity index (χ4v) is 4.30. The first-order valence-electron chi connectivity index (χ1n) is 11.4. The van der Waals surface area contributed by atoms with Gasteiger partial charge in [0.2, 0.25) is 5.85 Å². The van der Waals surface area contributed by atoms with Crippen molar-refractivity contribution >= 4 is 33.8 Å². The van der Waals surface area contributed by atoms with E-state index in [9.17, 15) is 13.6 Å². The summed E-state index contributed by atoms with van der Waals surface area (Å²) in [6.07, 6.45) is 2.99. The maximum absolute atomic E-state index is 15.0. The number of aromatic nitrogens is 2. The highest BCUT2D eigenvalue weighted by Gasteiger charge is 2.34. The number of alkyl halides is 1. The Kier molecular flexibility index (Phi) is 6.04. The number of fused-ring (bicyclic) bond motifs is 2. The minimum atomic E-state index is -1.73. The van der Waals surface area contributed by atoms with E-state index in [1.165, 1.54) is 19.2 Å². The van der Waals surface area contributed by atoms with Gasteiger partial charge in [-0.15, -0.1) is 0 Å². The number of nitrogens with one attached hydrogen (secondary N) is 4. The molecule has 1 aliphatic heterocycles. The number of benzene rings is 3. The van der Waals surface area contributed by atoms with Crippen LogP contribution in [0.4, 0.5) is 25.8 Å². The molecule has 2 heterocycles. The minimum absolute atomic E-state index is 0.149. The molecule has 37 heavy (non-hydrogen) atoms. The quantitative estimate of drug-likeness (QED) is 0.168. The van der Waals surface area contributed by atoms with Gasteiger partial charge in [0, 0.05) is 30.2 Å². The third-order valence-corrected chi connectivity index (χ3v) is 5.91. The van der Waals surface area contributed by atoms with Crippen molar-refractivity contribution in [3.63, 3.8) is 0 Å². The van der Waals surface area contributed by atoms with Crippen LogP contribution in [0, 0.1) is 11.3 Å². The number of imidazole rings is 1. The molecule has 0 fully saturated rings. The SMILES string of the molecule is CC1(F)Cc2cc(CN=C(/C=C\N)c3cc(F)c(N=N)c(Nc4ccc5[nH]c(=O)[nH]c5c4)c3)ccc2O1. The van der Waals surface area contributed by atoms with Crippen molar-refractivity contribution in [2.75, 3.05) is 5.32 Å². The summed E-state index contributed by atoms with van der Waals surface area (Å²) in [7, 11) is 0. The fraction of sp³-hybridized carbons (Fsp3) is 0.154. The molecule has 0 radical (unpaired) electrons. The van der Waals surface area contributed by atoms with E-state index >= 15 is 0 Å². The molecule has 5 rings (SSSR count). The summed E-state index contributed by atoms with van der Waals surface area (Å²) in [5.74, 6) is -1.94. The zero-order chi connectivity index (χ0) is 26.2. The molecule has 1 aliphatic rings. The standard InChI is InChI=1S/C26H23F2N7O2/c1-26(28)12-16-8-14(2-5-23(16)37-26)13-31-19(6-7-29)15-9-18(27)24(35-30)22(10-15)32-17-3-4-20-21(11-17)34-25(36)33-20/h2-11,30,32H,12-13,29H2,1H3,(H2,33,34,36)/b7-6-,31-19?,35-30?. The van der Waals surface area contributed by atoms with Gasteiger partial charge in [0.15, 0.2) is 5.82 Å². The molecule has 1 atom stereocenters. The molecular weight excluding hydrogens is 480 g/mol. The molecule has 4 aromatic rings. The highest BCUT2D eigenvalue weighted by atomic mass is 19.2. The molecule has 3 aromatic carbocycles. The first kappa shape index (κ1) is 23.9. The Morgan fingerprint density at radius 2 is 2.03 bits per heavy atom. The predicted molar refractivity (Wildman–Crippen MR) is 137 cm³/mol. The summed E-state index contributed by atoms with van der Waals surface area (Å²) >= 11 is 0. The topological polar surface area (TPSA) is 144 Å². The molecule has 0 amide bonds. The van der Waals surface area contributed by atoms with Crippen LogP contribution in [0.1, 0.15) is 23.6 Å². The van der Waals surface area contributed by atoms with Crippen LogP contribution in [0.2, 0.25) is 0 Å². The lowest BCUT2D eigenvalue weighted by Crippen LogP contribution is -2.22. The number of nitrogens with two attached hydrogens (primary N) is 1. The van der Waals surface area contributed by atoms with Crippen molar-refractivity contribution in [3.8, 4) is 5.75 Å². The molecule has 0 saturated carbocycles. The minimum Gasteiger partial charge on any atom is -0.458 e. The Morgan fingerprint density at radius 3 is 2.81 bits per heavy atom. The molecule has 6 N–H and O–H groups in total. The summed E-state index contributed by atoms with van der Waals surface area (Å²) in [4.78, 5) is 21.5. The van der Waals surface area contributed by atoms with Gasteiger partial charge in [0.05, 0.1) is 29.0 Å². The normalized spacial score (nSPS) is 17.2. The van der Waals surface area contributed by atoms with Crippen LogP contribution in [-0.4, -0.2) is 21.5 Å². The zero-order valence-electron chi connectivity index (χ0n) is 19.7. The van der Waals surface area contributed by atoms with Gasteiger partial charge in [-0.3, -0.25) is 4.99 Å². The van der Waals surface area contributed by atoms with Crippen molar-refractivity contribution < 1.29 is 13.5 Å². The second kappa shape index (κ2) is 9.34. The van der Waals surface area contributed by atoms with Crippen molar-refractivity contribution in [3.05, 3.63) is 93.8 Å². The molecule has 11 heteroatoms. The van der Waals surface area contributed by atoms with E-state index in [4.69, 9.17) is 16.0 Å². The van der Waals surface area contributed by atoms with Crippen LogP contribution in [0.25, 0.3) is 11.0 Å². The fourth-order valence-electron chi connectivity index (χ4n) is 4.30. The summed E-state index contributed by atoms with van der Waals surface area (Å²) in [6.45, 7) is 1.63. The lowest BCUT2D eigenvalue weighted by atomic mass is 10.1. The van der Waals surface area contributed by atoms with Crippen LogP contribution in [-0.2, 0) is 13.0 Å². The van der Waals surface area contributed by atoms with Gasteiger partial charge in [-0.1, -0.05) is 6.07 Å². The molecule has 1 unspecified atom stereocenters. The van der Waals surface area contributed by atoms with Gasteiger partial charge in [0.1, 0.15) is 11.4 Å². The lowest BCUT2D eigenvalue weighted by Gasteiger charge is -2.13. The number of hydrogen-bond acceptors (Lipinski definition) is 7. The van der Waals surface area contributed by atoms with Crippen molar-refractivity contribution in [1.82, 2.24) is 9.97 Å². The first-order chi connectivity index (χ1) is 17.7. The van der Waals surface area contributed by atoms with E-state index in [0.717, 1.165) is 11.1 Å². The molecule has 188 valence electrons. The summed E-state index contributed by atoms with van der Waals surface area (Å²) in [5, 5.41) is 6.40. The Bertz CT molecular complexity index is 1640. The number of allylic oxidation sites excluding steroid dienone is 1. The number of aromatic amines is 2. The number of anilines is 2. The number of aliphatic imine (C=N–C) groups is 1. The second-order valence-electron chi connectivity index (χ2n) is 8.81.